The van der Waals surface area contributed by atoms with E-state index in [0.29, 0.717) is 5.75 Å². The van der Waals surface area contributed by atoms with Crippen molar-refractivity contribution in [3.63, 3.8) is 0 Å². The summed E-state index contributed by atoms with van der Waals surface area (Å²) in [5.74, 6) is -0.109. The lowest BCUT2D eigenvalue weighted by Gasteiger charge is -2.13. The van der Waals surface area contributed by atoms with Crippen LogP contribution >= 0.6 is 0 Å². The summed E-state index contributed by atoms with van der Waals surface area (Å²) in [5.41, 5.74) is 3.97. The van der Waals surface area contributed by atoms with E-state index in [0.717, 1.165) is 28.8 Å². The van der Waals surface area contributed by atoms with Crippen molar-refractivity contribution in [2.45, 2.75) is 33.6 Å². The molecule has 0 fully saturated rings. The third kappa shape index (κ3) is 5.92. The van der Waals surface area contributed by atoms with Crippen LogP contribution in [-0.4, -0.2) is 25.1 Å². The van der Waals surface area contributed by atoms with E-state index < -0.39 is 5.97 Å². The van der Waals surface area contributed by atoms with Crippen LogP contribution in [0.15, 0.2) is 42.5 Å². The van der Waals surface area contributed by atoms with Crippen LogP contribution in [0.5, 0.6) is 5.75 Å². The zero-order valence-electron chi connectivity index (χ0n) is 15.5. The van der Waals surface area contributed by atoms with Gasteiger partial charge in [-0.15, -0.1) is 0 Å². The number of benzene rings is 2. The van der Waals surface area contributed by atoms with Gasteiger partial charge in [-0.25, -0.2) is 0 Å². The van der Waals surface area contributed by atoms with Crippen molar-refractivity contribution >= 4 is 17.6 Å². The molecule has 1 N–H and O–H groups in total. The Bertz CT molecular complexity index is 753. The first-order valence-corrected chi connectivity index (χ1v) is 8.73. The van der Waals surface area contributed by atoms with Gasteiger partial charge in [-0.3, -0.25) is 9.59 Å². The maximum absolute atomic E-state index is 12.0. The minimum atomic E-state index is -0.465. The second-order valence-electron chi connectivity index (χ2n) is 6.08. The highest BCUT2D eigenvalue weighted by atomic mass is 16.5. The molecular formula is C21H25NO4. The summed E-state index contributed by atoms with van der Waals surface area (Å²) in [7, 11) is 0. The predicted octanol–water partition coefficient (Wildman–Crippen LogP) is 3.82. The van der Waals surface area contributed by atoms with Gasteiger partial charge in [0.1, 0.15) is 5.75 Å². The average molecular weight is 355 g/mol. The fraction of sp³-hybridized carbons (Fsp3) is 0.333. The number of esters is 1. The van der Waals surface area contributed by atoms with Gasteiger partial charge in [-0.1, -0.05) is 42.8 Å². The number of carbonyl (C=O) groups excluding carboxylic acids is 2. The molecule has 0 aliphatic heterocycles. The molecule has 2 rings (SSSR count). The minimum absolute atomic E-state index is 0.0890. The van der Waals surface area contributed by atoms with E-state index in [1.807, 2.05) is 63.2 Å². The lowest BCUT2D eigenvalue weighted by molar-refractivity contribution is -0.147. The van der Waals surface area contributed by atoms with Crippen molar-refractivity contribution in [1.82, 2.24) is 0 Å². The minimum Gasteiger partial charge on any atom is -0.493 e. The second-order valence-corrected chi connectivity index (χ2v) is 6.08. The van der Waals surface area contributed by atoms with Crippen LogP contribution in [-0.2, 0) is 20.7 Å². The number of rotatable bonds is 8. The van der Waals surface area contributed by atoms with Gasteiger partial charge in [0.05, 0.1) is 13.0 Å². The van der Waals surface area contributed by atoms with Crippen molar-refractivity contribution in [3.05, 3.63) is 59.2 Å². The van der Waals surface area contributed by atoms with Gasteiger partial charge >= 0.3 is 5.97 Å². The Morgan fingerprint density at radius 3 is 2.46 bits per heavy atom. The number of hydrogen-bond donors (Lipinski definition) is 1. The van der Waals surface area contributed by atoms with Gasteiger partial charge < -0.3 is 14.8 Å². The molecule has 2 aromatic carbocycles. The number of aryl methyl sites for hydroxylation is 3. The molecule has 0 radical (unpaired) electrons. The van der Waals surface area contributed by atoms with Crippen molar-refractivity contribution in [3.8, 4) is 5.75 Å². The molecule has 0 unspecified atom stereocenters. The third-order valence-corrected chi connectivity index (χ3v) is 3.96. The summed E-state index contributed by atoms with van der Waals surface area (Å²) in [6, 6.07) is 13.4. The first-order chi connectivity index (χ1) is 12.5. The molecule has 0 bridgehead atoms. The normalized spacial score (nSPS) is 10.3. The van der Waals surface area contributed by atoms with Crippen LogP contribution in [0.3, 0.4) is 0 Å². The summed E-state index contributed by atoms with van der Waals surface area (Å²) in [6.07, 6.45) is 0.902. The summed E-state index contributed by atoms with van der Waals surface area (Å²) < 4.78 is 10.5. The van der Waals surface area contributed by atoms with E-state index in [9.17, 15) is 9.59 Å². The third-order valence-electron chi connectivity index (χ3n) is 3.96. The molecule has 0 aromatic heterocycles. The van der Waals surface area contributed by atoms with Crippen molar-refractivity contribution in [2.75, 3.05) is 18.5 Å². The first-order valence-electron chi connectivity index (χ1n) is 8.73. The van der Waals surface area contributed by atoms with Crippen LogP contribution < -0.4 is 10.1 Å². The number of carbonyl (C=O) groups is 2. The Balaban J connectivity index is 1.73. The average Bonchev–Trinajstić information content (AvgIpc) is 2.63. The Morgan fingerprint density at radius 1 is 1.04 bits per heavy atom. The zero-order valence-corrected chi connectivity index (χ0v) is 15.5. The van der Waals surface area contributed by atoms with E-state index in [2.05, 4.69) is 5.32 Å². The molecule has 0 aliphatic rings. The van der Waals surface area contributed by atoms with Crippen LogP contribution in [0.25, 0.3) is 0 Å². The first kappa shape index (κ1) is 19.5. The van der Waals surface area contributed by atoms with Crippen molar-refractivity contribution in [2.24, 2.45) is 0 Å². The van der Waals surface area contributed by atoms with Crippen molar-refractivity contribution in [1.29, 1.82) is 0 Å². The van der Waals surface area contributed by atoms with Crippen LogP contribution in [0.1, 0.15) is 30.0 Å². The van der Waals surface area contributed by atoms with E-state index in [-0.39, 0.29) is 25.5 Å². The van der Waals surface area contributed by atoms with Gasteiger partial charge in [-0.2, -0.15) is 0 Å². The van der Waals surface area contributed by atoms with Gasteiger partial charge in [0, 0.05) is 5.69 Å². The van der Waals surface area contributed by atoms with E-state index >= 15 is 0 Å². The Morgan fingerprint density at radius 2 is 1.77 bits per heavy atom. The molecule has 5 heteroatoms. The van der Waals surface area contributed by atoms with E-state index in [1.165, 1.54) is 0 Å². The number of nitrogens with one attached hydrogen (secondary N) is 1. The van der Waals surface area contributed by atoms with Crippen LogP contribution in [0, 0.1) is 13.8 Å². The van der Waals surface area contributed by atoms with Gasteiger partial charge in [0.15, 0.2) is 6.61 Å². The summed E-state index contributed by atoms with van der Waals surface area (Å²) in [6.45, 7) is 5.86. The van der Waals surface area contributed by atoms with Crippen LogP contribution in [0.4, 0.5) is 5.69 Å². The lowest BCUT2D eigenvalue weighted by Crippen LogP contribution is -2.22. The molecule has 0 saturated heterocycles. The largest absolute Gasteiger partial charge is 0.493 e. The smallest absolute Gasteiger partial charge is 0.309 e. The Hall–Kier alpha value is -2.82. The van der Waals surface area contributed by atoms with Crippen molar-refractivity contribution < 1.29 is 19.1 Å². The molecule has 138 valence electrons. The topological polar surface area (TPSA) is 64.6 Å². The maximum Gasteiger partial charge on any atom is 0.309 e. The monoisotopic (exact) mass is 355 g/mol. The number of anilines is 1. The molecule has 0 heterocycles. The Labute approximate surface area is 154 Å². The Kier molecular flexibility index (Phi) is 7.21. The van der Waals surface area contributed by atoms with Crippen LogP contribution in [0.2, 0.25) is 0 Å². The number of hydrogen-bond acceptors (Lipinski definition) is 4. The number of para-hydroxylation sites is 1. The molecule has 2 aromatic rings. The van der Waals surface area contributed by atoms with Gasteiger partial charge in [0.25, 0.3) is 5.91 Å². The van der Waals surface area contributed by atoms with E-state index in [1.54, 1.807) is 0 Å². The highest BCUT2D eigenvalue weighted by Gasteiger charge is 2.11. The van der Waals surface area contributed by atoms with Gasteiger partial charge in [-0.05, 0) is 43.5 Å². The summed E-state index contributed by atoms with van der Waals surface area (Å²) in [4.78, 5) is 23.8. The molecule has 5 nitrogen and oxygen atoms in total. The number of ether oxygens (including phenoxy) is 2. The molecule has 0 aliphatic carbocycles. The molecule has 0 saturated carbocycles. The second kappa shape index (κ2) is 9.61. The quantitative estimate of drug-likeness (QED) is 0.731. The maximum atomic E-state index is 12.0. The highest BCUT2D eigenvalue weighted by molar-refractivity contribution is 5.94. The fourth-order valence-corrected chi connectivity index (χ4v) is 2.48. The zero-order chi connectivity index (χ0) is 18.9. The summed E-state index contributed by atoms with van der Waals surface area (Å²) >= 11 is 0. The van der Waals surface area contributed by atoms with Gasteiger partial charge in [0.2, 0.25) is 0 Å². The predicted molar refractivity (Wildman–Crippen MR) is 101 cm³/mol. The summed E-state index contributed by atoms with van der Waals surface area (Å²) in [5, 5.41) is 2.82. The standard InChI is InChI=1S/C21H25NO4/c1-4-17-7-5-6-16(3)21(17)22-19(23)14-26-20(24)12-13-25-18-10-8-15(2)9-11-18/h5-11H,4,12-14H2,1-3H3,(H,22,23). The molecule has 1 amide bonds. The fourth-order valence-electron chi connectivity index (χ4n) is 2.48. The molecular weight excluding hydrogens is 330 g/mol. The highest BCUT2D eigenvalue weighted by Crippen LogP contribution is 2.20. The molecule has 0 atom stereocenters. The van der Waals surface area contributed by atoms with E-state index in [4.69, 9.17) is 9.47 Å². The number of amides is 1. The molecule has 0 spiro atoms. The SMILES string of the molecule is CCc1cccc(C)c1NC(=O)COC(=O)CCOc1ccc(C)cc1. The lowest BCUT2D eigenvalue weighted by atomic mass is 10.1. The molecule has 26 heavy (non-hydrogen) atoms.